The molecular formula is C18H24N4O2. The third-order valence-electron chi connectivity index (χ3n) is 4.54. The number of carbonyl (C=O) groups excluding carboxylic acids is 1. The van der Waals surface area contributed by atoms with Crippen LogP contribution in [0.15, 0.2) is 24.3 Å². The van der Waals surface area contributed by atoms with E-state index >= 15 is 0 Å². The van der Waals surface area contributed by atoms with Crippen molar-refractivity contribution in [1.82, 2.24) is 20.1 Å². The molecule has 0 saturated carbocycles. The zero-order valence-corrected chi connectivity index (χ0v) is 14.3. The number of hydrogen-bond acceptors (Lipinski definition) is 4. The van der Waals surface area contributed by atoms with Crippen molar-refractivity contribution in [1.29, 1.82) is 0 Å². The molecule has 2 heterocycles. The van der Waals surface area contributed by atoms with Gasteiger partial charge in [0.05, 0.1) is 7.11 Å². The number of methoxy groups -OCH3 is 1. The molecule has 1 aliphatic heterocycles. The van der Waals surface area contributed by atoms with Crippen LogP contribution in [0.4, 0.5) is 0 Å². The standard InChI is InChI=1S/C18H24N4O2/c1-13-19-18(21-20-13)15-4-3-11-22(12-15)17(23)10-7-14-5-8-16(24-2)9-6-14/h5-6,8-9,15H,3-4,7,10-12H2,1-2H3,(H,19,20,21)/t15-/m1/s1. The van der Waals surface area contributed by atoms with Gasteiger partial charge in [0, 0.05) is 25.4 Å². The topological polar surface area (TPSA) is 71.1 Å². The molecule has 6 heteroatoms. The van der Waals surface area contributed by atoms with Crippen molar-refractivity contribution in [2.24, 2.45) is 0 Å². The smallest absolute Gasteiger partial charge is 0.222 e. The molecule has 0 aliphatic carbocycles. The molecule has 1 aromatic carbocycles. The van der Waals surface area contributed by atoms with E-state index in [1.54, 1.807) is 7.11 Å². The Morgan fingerprint density at radius 2 is 2.17 bits per heavy atom. The maximum absolute atomic E-state index is 12.5. The third-order valence-corrected chi connectivity index (χ3v) is 4.54. The van der Waals surface area contributed by atoms with Crippen LogP contribution in [0.3, 0.4) is 0 Å². The first-order valence-corrected chi connectivity index (χ1v) is 8.45. The van der Waals surface area contributed by atoms with Crippen LogP contribution in [-0.2, 0) is 11.2 Å². The Kier molecular flexibility index (Phi) is 5.13. The number of nitrogens with zero attached hydrogens (tertiary/aromatic N) is 3. The van der Waals surface area contributed by atoms with E-state index in [4.69, 9.17) is 4.74 Å². The highest BCUT2D eigenvalue weighted by atomic mass is 16.5. The first-order chi connectivity index (χ1) is 11.7. The summed E-state index contributed by atoms with van der Waals surface area (Å²) in [7, 11) is 1.65. The molecule has 3 rings (SSSR count). The summed E-state index contributed by atoms with van der Waals surface area (Å²) >= 11 is 0. The lowest BCUT2D eigenvalue weighted by Gasteiger charge is -2.31. The lowest BCUT2D eigenvalue weighted by atomic mass is 9.97. The van der Waals surface area contributed by atoms with Crippen LogP contribution in [0.5, 0.6) is 5.75 Å². The largest absolute Gasteiger partial charge is 0.497 e. The Morgan fingerprint density at radius 1 is 1.38 bits per heavy atom. The lowest BCUT2D eigenvalue weighted by molar-refractivity contribution is -0.132. The van der Waals surface area contributed by atoms with E-state index in [9.17, 15) is 4.79 Å². The Balaban J connectivity index is 1.54. The number of aromatic nitrogens is 3. The number of carbonyl (C=O) groups is 1. The monoisotopic (exact) mass is 328 g/mol. The van der Waals surface area contributed by atoms with E-state index in [1.165, 1.54) is 0 Å². The third kappa shape index (κ3) is 3.93. The van der Waals surface area contributed by atoms with Gasteiger partial charge >= 0.3 is 0 Å². The Bertz CT molecular complexity index is 681. The van der Waals surface area contributed by atoms with E-state index in [0.29, 0.717) is 6.42 Å². The average molecular weight is 328 g/mol. The first kappa shape index (κ1) is 16.5. The van der Waals surface area contributed by atoms with Gasteiger partial charge in [-0.25, -0.2) is 4.98 Å². The average Bonchev–Trinajstić information content (AvgIpc) is 3.06. The van der Waals surface area contributed by atoms with Gasteiger partial charge in [-0.2, -0.15) is 5.10 Å². The van der Waals surface area contributed by atoms with Gasteiger partial charge < -0.3 is 9.64 Å². The predicted molar refractivity (Wildman–Crippen MR) is 91.0 cm³/mol. The summed E-state index contributed by atoms with van der Waals surface area (Å²) in [4.78, 5) is 18.9. The Labute approximate surface area is 142 Å². The van der Waals surface area contributed by atoms with E-state index in [-0.39, 0.29) is 11.8 Å². The highest BCUT2D eigenvalue weighted by molar-refractivity contribution is 5.76. The molecule has 128 valence electrons. The molecule has 1 N–H and O–H groups in total. The number of benzene rings is 1. The molecule has 1 fully saturated rings. The van der Waals surface area contributed by atoms with E-state index in [2.05, 4.69) is 15.2 Å². The zero-order valence-electron chi connectivity index (χ0n) is 14.3. The van der Waals surface area contributed by atoms with Gasteiger partial charge in [-0.05, 0) is 43.9 Å². The van der Waals surface area contributed by atoms with E-state index in [1.807, 2.05) is 36.1 Å². The fourth-order valence-corrected chi connectivity index (χ4v) is 3.16. The minimum Gasteiger partial charge on any atom is -0.497 e. The molecule has 0 spiro atoms. The number of amides is 1. The quantitative estimate of drug-likeness (QED) is 0.915. The number of ether oxygens (including phenoxy) is 1. The lowest BCUT2D eigenvalue weighted by Crippen LogP contribution is -2.39. The van der Waals surface area contributed by atoms with Gasteiger partial charge in [0.25, 0.3) is 0 Å². The second kappa shape index (κ2) is 7.47. The number of likely N-dealkylation sites (tertiary alicyclic amines) is 1. The van der Waals surface area contributed by atoms with Gasteiger partial charge in [0.1, 0.15) is 11.6 Å². The minimum absolute atomic E-state index is 0.211. The maximum atomic E-state index is 12.5. The van der Waals surface area contributed by atoms with E-state index < -0.39 is 0 Å². The summed E-state index contributed by atoms with van der Waals surface area (Å²) in [5.41, 5.74) is 1.15. The molecular weight excluding hydrogens is 304 g/mol. The normalized spacial score (nSPS) is 17.8. The summed E-state index contributed by atoms with van der Waals surface area (Å²) < 4.78 is 5.16. The van der Waals surface area contributed by atoms with Crippen molar-refractivity contribution in [2.45, 2.75) is 38.5 Å². The van der Waals surface area contributed by atoms with Gasteiger partial charge in [0.15, 0.2) is 5.82 Å². The van der Waals surface area contributed by atoms with Crippen LogP contribution in [-0.4, -0.2) is 46.2 Å². The number of rotatable bonds is 5. The van der Waals surface area contributed by atoms with Gasteiger partial charge in [-0.1, -0.05) is 12.1 Å². The molecule has 0 unspecified atom stereocenters. The number of aryl methyl sites for hydroxylation is 2. The highest BCUT2D eigenvalue weighted by Gasteiger charge is 2.26. The Morgan fingerprint density at radius 3 is 2.83 bits per heavy atom. The van der Waals surface area contributed by atoms with Crippen LogP contribution in [0, 0.1) is 6.92 Å². The fraction of sp³-hybridized carbons (Fsp3) is 0.500. The molecule has 6 nitrogen and oxygen atoms in total. The van der Waals surface area contributed by atoms with Crippen molar-refractivity contribution >= 4 is 5.91 Å². The van der Waals surface area contributed by atoms with Crippen LogP contribution >= 0.6 is 0 Å². The number of piperidine rings is 1. The molecule has 0 radical (unpaired) electrons. The predicted octanol–water partition coefficient (Wildman–Crippen LogP) is 2.46. The minimum atomic E-state index is 0.211. The number of hydrogen-bond donors (Lipinski definition) is 1. The van der Waals surface area contributed by atoms with Crippen molar-refractivity contribution < 1.29 is 9.53 Å². The molecule has 1 saturated heterocycles. The van der Waals surface area contributed by atoms with Crippen LogP contribution < -0.4 is 4.74 Å². The van der Waals surface area contributed by atoms with Crippen molar-refractivity contribution in [3.05, 3.63) is 41.5 Å². The van der Waals surface area contributed by atoms with Crippen molar-refractivity contribution in [3.8, 4) is 5.75 Å². The molecule has 1 aromatic heterocycles. The number of aromatic amines is 1. The second-order valence-corrected chi connectivity index (χ2v) is 6.31. The van der Waals surface area contributed by atoms with Gasteiger partial charge in [0.2, 0.25) is 5.91 Å². The fourth-order valence-electron chi connectivity index (χ4n) is 3.16. The van der Waals surface area contributed by atoms with Crippen molar-refractivity contribution in [3.63, 3.8) is 0 Å². The van der Waals surface area contributed by atoms with Crippen molar-refractivity contribution in [2.75, 3.05) is 20.2 Å². The van der Waals surface area contributed by atoms with E-state index in [0.717, 1.165) is 55.3 Å². The first-order valence-electron chi connectivity index (χ1n) is 8.45. The maximum Gasteiger partial charge on any atom is 0.222 e. The molecule has 0 bridgehead atoms. The summed E-state index contributed by atoms with van der Waals surface area (Å²) in [6.45, 7) is 3.46. The highest BCUT2D eigenvalue weighted by Crippen LogP contribution is 2.25. The SMILES string of the molecule is COc1ccc(CCC(=O)N2CCC[C@@H](c3n[nH]c(C)n3)C2)cc1. The zero-order chi connectivity index (χ0) is 16.9. The summed E-state index contributed by atoms with van der Waals surface area (Å²) in [6, 6.07) is 7.90. The summed E-state index contributed by atoms with van der Waals surface area (Å²) in [6.07, 6.45) is 3.34. The van der Waals surface area contributed by atoms with Crippen LogP contribution in [0.1, 0.15) is 42.4 Å². The molecule has 2 aromatic rings. The number of nitrogens with one attached hydrogen (secondary N) is 1. The van der Waals surface area contributed by atoms with Crippen LogP contribution in [0.2, 0.25) is 0 Å². The van der Waals surface area contributed by atoms with Gasteiger partial charge in [-0.3, -0.25) is 9.89 Å². The van der Waals surface area contributed by atoms with Crippen LogP contribution in [0.25, 0.3) is 0 Å². The van der Waals surface area contributed by atoms with Gasteiger partial charge in [-0.15, -0.1) is 0 Å². The Hall–Kier alpha value is -2.37. The number of H-pyrrole nitrogens is 1. The molecule has 1 aliphatic rings. The molecule has 1 amide bonds. The molecule has 1 atom stereocenters. The molecule has 24 heavy (non-hydrogen) atoms. The summed E-state index contributed by atoms with van der Waals surface area (Å²) in [5, 5.41) is 7.15. The second-order valence-electron chi connectivity index (χ2n) is 6.31. The summed E-state index contributed by atoms with van der Waals surface area (Å²) in [5.74, 6) is 2.95.